The van der Waals surface area contributed by atoms with Crippen LogP contribution in [0.1, 0.15) is 20.3 Å². The average Bonchev–Trinajstić information content (AvgIpc) is 2.13. The summed E-state index contributed by atoms with van der Waals surface area (Å²) in [4.78, 5) is 0. The predicted molar refractivity (Wildman–Crippen MR) is 57.8 cm³/mol. The molecule has 14 heavy (non-hydrogen) atoms. The lowest BCUT2D eigenvalue weighted by Gasteiger charge is -2.20. The zero-order chi connectivity index (χ0) is 11.2. The highest BCUT2D eigenvalue weighted by molar-refractivity contribution is 7.99. The van der Waals surface area contributed by atoms with Gasteiger partial charge in [-0.25, -0.2) is 0 Å². The Balaban J connectivity index is 3.77. The number of rotatable bonds is 6. The molecule has 5 heteroatoms. The third kappa shape index (κ3) is 6.22. The van der Waals surface area contributed by atoms with Crippen molar-refractivity contribution in [2.75, 3.05) is 12.4 Å². The summed E-state index contributed by atoms with van der Waals surface area (Å²) in [6, 6.07) is 2.03. The molecule has 82 valence electrons. The monoisotopic (exact) mass is 218 g/mol. The summed E-state index contributed by atoms with van der Waals surface area (Å²) in [5, 5.41) is 26.6. The predicted octanol–water partition coefficient (Wildman–Crippen LogP) is 0.0924. The van der Waals surface area contributed by atoms with Gasteiger partial charge in [0.25, 0.3) is 0 Å². The standard InChI is InChI=1S/C9H18N2O2S/c1-7(3-9(2,11)6-10)14-5-8(13)4-12/h7-8,12-13H,3-5,11H2,1-2H3. The smallest absolute Gasteiger partial charge is 0.102 e. The van der Waals surface area contributed by atoms with E-state index in [2.05, 4.69) is 0 Å². The molecule has 4 nitrogen and oxygen atoms in total. The third-order valence-corrected chi connectivity index (χ3v) is 3.06. The summed E-state index contributed by atoms with van der Waals surface area (Å²) in [6.45, 7) is 3.42. The van der Waals surface area contributed by atoms with Gasteiger partial charge in [-0.2, -0.15) is 17.0 Å². The second kappa shape index (κ2) is 6.25. The molecule has 0 fully saturated rings. The molecule has 0 spiro atoms. The zero-order valence-corrected chi connectivity index (χ0v) is 9.42. The van der Waals surface area contributed by atoms with Crippen LogP contribution in [0, 0.1) is 11.3 Å². The molecule has 0 aliphatic rings. The van der Waals surface area contributed by atoms with E-state index < -0.39 is 11.6 Å². The number of nitriles is 1. The molecule has 0 amide bonds. The lowest BCUT2D eigenvalue weighted by atomic mass is 10.00. The number of hydrogen-bond donors (Lipinski definition) is 3. The summed E-state index contributed by atoms with van der Waals surface area (Å²) < 4.78 is 0. The molecule has 3 unspecified atom stereocenters. The van der Waals surface area contributed by atoms with Crippen LogP contribution in [0.3, 0.4) is 0 Å². The first-order valence-electron chi connectivity index (χ1n) is 4.52. The van der Waals surface area contributed by atoms with Crippen molar-refractivity contribution in [3.05, 3.63) is 0 Å². The van der Waals surface area contributed by atoms with Crippen LogP contribution in [0.25, 0.3) is 0 Å². The number of thioether (sulfide) groups is 1. The van der Waals surface area contributed by atoms with Gasteiger partial charge in [0.2, 0.25) is 0 Å². The van der Waals surface area contributed by atoms with Gasteiger partial charge in [-0.1, -0.05) is 6.92 Å². The maximum Gasteiger partial charge on any atom is 0.102 e. The molecule has 0 aliphatic carbocycles. The van der Waals surface area contributed by atoms with Crippen molar-refractivity contribution >= 4 is 11.8 Å². The molecule has 0 aromatic carbocycles. The largest absolute Gasteiger partial charge is 0.394 e. The van der Waals surface area contributed by atoms with Crippen LogP contribution in [0.15, 0.2) is 0 Å². The van der Waals surface area contributed by atoms with Gasteiger partial charge in [-0.15, -0.1) is 0 Å². The number of aliphatic hydroxyl groups excluding tert-OH is 2. The molecule has 0 bridgehead atoms. The minimum atomic E-state index is -0.809. The SMILES string of the molecule is CC(CC(C)(N)C#N)SCC(O)CO. The Bertz CT molecular complexity index is 203. The van der Waals surface area contributed by atoms with Gasteiger partial charge in [-0.05, 0) is 13.3 Å². The lowest BCUT2D eigenvalue weighted by molar-refractivity contribution is 0.113. The highest BCUT2D eigenvalue weighted by atomic mass is 32.2. The maximum atomic E-state index is 9.10. The van der Waals surface area contributed by atoms with Gasteiger partial charge < -0.3 is 15.9 Å². The molecule has 0 saturated heterocycles. The highest BCUT2D eigenvalue weighted by Gasteiger charge is 2.21. The van der Waals surface area contributed by atoms with Gasteiger partial charge in [0, 0.05) is 11.0 Å². The molecular weight excluding hydrogens is 200 g/mol. The van der Waals surface area contributed by atoms with Crippen molar-refractivity contribution in [1.29, 1.82) is 5.26 Å². The highest BCUT2D eigenvalue weighted by Crippen LogP contribution is 2.20. The number of nitrogens with two attached hydrogens (primary N) is 1. The second-order valence-corrected chi connectivity index (χ2v) is 5.19. The molecule has 4 N–H and O–H groups in total. The maximum absolute atomic E-state index is 9.10. The van der Waals surface area contributed by atoms with E-state index in [1.807, 2.05) is 13.0 Å². The van der Waals surface area contributed by atoms with E-state index in [-0.39, 0.29) is 11.9 Å². The van der Waals surface area contributed by atoms with Crippen LogP contribution in [0.4, 0.5) is 0 Å². The first kappa shape index (κ1) is 13.7. The summed E-state index contributed by atoms with van der Waals surface area (Å²) in [7, 11) is 0. The molecular formula is C9H18N2O2S. The molecule has 0 saturated carbocycles. The molecule has 0 aliphatic heterocycles. The van der Waals surface area contributed by atoms with E-state index in [1.165, 1.54) is 11.8 Å². The van der Waals surface area contributed by atoms with Crippen LogP contribution < -0.4 is 5.73 Å². The molecule has 0 aromatic heterocycles. The fourth-order valence-electron chi connectivity index (χ4n) is 1.03. The Labute approximate surface area is 89.1 Å². The summed E-state index contributed by atoms with van der Waals surface area (Å²) in [5.74, 6) is 0.471. The minimum Gasteiger partial charge on any atom is -0.394 e. The number of aliphatic hydroxyl groups is 2. The van der Waals surface area contributed by atoms with Gasteiger partial charge in [0.05, 0.1) is 18.8 Å². The topological polar surface area (TPSA) is 90.3 Å². The average molecular weight is 218 g/mol. The Hall–Kier alpha value is -0.280. The summed E-state index contributed by atoms with van der Waals surface area (Å²) in [5.41, 5.74) is 4.86. The summed E-state index contributed by atoms with van der Waals surface area (Å²) in [6.07, 6.45) is -0.111. The van der Waals surface area contributed by atoms with Gasteiger partial charge in [0.15, 0.2) is 0 Å². The van der Waals surface area contributed by atoms with Gasteiger partial charge >= 0.3 is 0 Å². The van der Waals surface area contributed by atoms with E-state index >= 15 is 0 Å². The zero-order valence-electron chi connectivity index (χ0n) is 8.60. The van der Waals surface area contributed by atoms with Crippen molar-refractivity contribution in [2.45, 2.75) is 37.2 Å². The molecule has 3 atom stereocenters. The van der Waals surface area contributed by atoms with E-state index in [4.69, 9.17) is 21.2 Å². The van der Waals surface area contributed by atoms with Crippen LogP contribution in [-0.4, -0.2) is 39.5 Å². The van der Waals surface area contributed by atoms with Gasteiger partial charge in [0.1, 0.15) is 5.54 Å². The molecule has 0 heterocycles. The van der Waals surface area contributed by atoms with E-state index in [0.717, 1.165) is 0 Å². The Morgan fingerprint density at radius 1 is 1.64 bits per heavy atom. The second-order valence-electron chi connectivity index (χ2n) is 3.71. The van der Waals surface area contributed by atoms with E-state index in [9.17, 15) is 0 Å². The van der Waals surface area contributed by atoms with Crippen molar-refractivity contribution in [3.8, 4) is 6.07 Å². The summed E-state index contributed by atoms with van der Waals surface area (Å²) >= 11 is 1.51. The van der Waals surface area contributed by atoms with Crippen LogP contribution in [-0.2, 0) is 0 Å². The van der Waals surface area contributed by atoms with Gasteiger partial charge in [-0.3, -0.25) is 0 Å². The van der Waals surface area contributed by atoms with Crippen molar-refractivity contribution in [1.82, 2.24) is 0 Å². The van der Waals surface area contributed by atoms with Crippen molar-refractivity contribution < 1.29 is 10.2 Å². The van der Waals surface area contributed by atoms with Crippen LogP contribution in [0.2, 0.25) is 0 Å². The first-order chi connectivity index (χ1) is 6.41. The van der Waals surface area contributed by atoms with Crippen molar-refractivity contribution in [3.63, 3.8) is 0 Å². The Kier molecular flexibility index (Phi) is 6.12. The third-order valence-electron chi connectivity index (χ3n) is 1.75. The van der Waals surface area contributed by atoms with E-state index in [0.29, 0.717) is 12.2 Å². The number of nitrogens with zero attached hydrogens (tertiary/aromatic N) is 1. The normalized spacial score (nSPS) is 19.4. The fourth-order valence-corrected chi connectivity index (χ4v) is 2.15. The lowest BCUT2D eigenvalue weighted by Crippen LogP contribution is -2.37. The quantitative estimate of drug-likeness (QED) is 0.588. The van der Waals surface area contributed by atoms with Crippen LogP contribution >= 0.6 is 11.8 Å². The Morgan fingerprint density at radius 3 is 2.64 bits per heavy atom. The van der Waals surface area contributed by atoms with Crippen LogP contribution in [0.5, 0.6) is 0 Å². The first-order valence-corrected chi connectivity index (χ1v) is 5.57. The molecule has 0 aromatic rings. The number of hydrogen-bond acceptors (Lipinski definition) is 5. The Morgan fingerprint density at radius 2 is 2.21 bits per heavy atom. The fraction of sp³-hybridized carbons (Fsp3) is 0.889. The van der Waals surface area contributed by atoms with Crippen molar-refractivity contribution in [2.24, 2.45) is 5.73 Å². The van der Waals surface area contributed by atoms with E-state index in [1.54, 1.807) is 6.92 Å². The minimum absolute atomic E-state index is 0.200. The molecule has 0 radical (unpaired) electrons. The molecule has 0 rings (SSSR count).